The quantitative estimate of drug-likeness (QED) is 0.424. The van der Waals surface area contributed by atoms with Gasteiger partial charge in [-0.05, 0) is 60.0 Å². The first-order valence-corrected chi connectivity index (χ1v) is 10.0. The fourth-order valence-electron chi connectivity index (χ4n) is 3.39. The summed E-state index contributed by atoms with van der Waals surface area (Å²) in [6.45, 7) is 4.30. The van der Waals surface area contributed by atoms with Gasteiger partial charge < -0.3 is 19.2 Å². The largest absolute Gasteiger partial charge is 0.496 e. The van der Waals surface area contributed by atoms with Crippen molar-refractivity contribution >= 4 is 22.7 Å². The lowest BCUT2D eigenvalue weighted by Gasteiger charge is -2.13. The van der Waals surface area contributed by atoms with Gasteiger partial charge in [-0.1, -0.05) is 26.0 Å². The molecule has 3 aromatic carbocycles. The second-order valence-corrected chi connectivity index (χ2v) is 7.47. The summed E-state index contributed by atoms with van der Waals surface area (Å²) < 4.78 is 16.5. The molecule has 4 aromatic rings. The average Bonchev–Trinajstić information content (AvgIpc) is 3.22. The normalized spacial score (nSPS) is 11.0. The molecule has 0 saturated heterocycles. The smallest absolute Gasteiger partial charge is 0.263 e. The number of anilines is 1. The fraction of sp³-hybridized carbons (Fsp3) is 0.200. The number of oxazole rings is 1. The molecule has 0 saturated carbocycles. The fourth-order valence-corrected chi connectivity index (χ4v) is 3.39. The Hall–Kier alpha value is -3.80. The van der Waals surface area contributed by atoms with Crippen LogP contribution in [0.15, 0.2) is 65.1 Å². The van der Waals surface area contributed by atoms with Crippen LogP contribution in [0.3, 0.4) is 0 Å². The van der Waals surface area contributed by atoms with E-state index in [1.807, 2.05) is 30.3 Å². The lowest BCUT2D eigenvalue weighted by atomic mass is 10.0. The number of nitrogens with zero attached hydrogens (tertiary/aromatic N) is 1. The third-order valence-corrected chi connectivity index (χ3v) is 5.12. The van der Waals surface area contributed by atoms with E-state index in [9.17, 15) is 4.79 Å². The Bertz CT molecular complexity index is 1200. The number of ether oxygens (including phenoxy) is 2. The van der Waals surface area contributed by atoms with E-state index >= 15 is 0 Å². The van der Waals surface area contributed by atoms with E-state index in [1.165, 1.54) is 19.8 Å². The van der Waals surface area contributed by atoms with Crippen LogP contribution in [0.2, 0.25) is 0 Å². The van der Waals surface area contributed by atoms with Crippen LogP contribution in [-0.4, -0.2) is 25.1 Å². The van der Waals surface area contributed by atoms with Gasteiger partial charge in [-0.3, -0.25) is 4.79 Å². The summed E-state index contributed by atoms with van der Waals surface area (Å²) in [5.41, 5.74) is 4.62. The summed E-state index contributed by atoms with van der Waals surface area (Å²) in [4.78, 5) is 17.5. The summed E-state index contributed by atoms with van der Waals surface area (Å²) in [5.74, 6) is 1.54. The molecule has 6 heteroatoms. The maximum Gasteiger partial charge on any atom is 0.263 e. The van der Waals surface area contributed by atoms with Crippen molar-refractivity contribution in [2.24, 2.45) is 0 Å². The number of benzene rings is 3. The van der Waals surface area contributed by atoms with Crippen molar-refractivity contribution in [2.45, 2.75) is 19.8 Å². The second kappa shape index (κ2) is 8.52. The number of carbonyl (C=O) groups is 1. The number of rotatable bonds is 6. The number of methoxy groups -OCH3 is 2. The van der Waals surface area contributed by atoms with Crippen LogP contribution in [0, 0.1) is 0 Å². The molecule has 0 radical (unpaired) electrons. The first-order valence-electron chi connectivity index (χ1n) is 10.0. The van der Waals surface area contributed by atoms with Gasteiger partial charge in [0.05, 0.1) is 14.2 Å². The summed E-state index contributed by atoms with van der Waals surface area (Å²) in [6.07, 6.45) is 0. The van der Waals surface area contributed by atoms with Crippen LogP contribution in [0.4, 0.5) is 5.69 Å². The van der Waals surface area contributed by atoms with Crippen molar-refractivity contribution < 1.29 is 18.7 Å². The molecule has 0 aliphatic heterocycles. The van der Waals surface area contributed by atoms with Crippen molar-refractivity contribution in [3.05, 3.63) is 71.8 Å². The molecular formula is C25H24N2O4. The Balaban J connectivity index is 1.57. The van der Waals surface area contributed by atoms with E-state index in [-0.39, 0.29) is 5.91 Å². The zero-order valence-electron chi connectivity index (χ0n) is 17.9. The molecule has 0 bridgehead atoms. The standard InChI is InChI=1S/C25H24N2O4/c1-15(2)17-10-13-20-19(14-17)27-25(31-20)16-8-11-18(12-9-16)26-24(28)23-21(29-3)6-5-7-22(23)30-4/h5-15H,1-4H3,(H,26,28). The minimum absolute atomic E-state index is 0.315. The van der Waals surface area contributed by atoms with Gasteiger partial charge in [0, 0.05) is 11.3 Å². The van der Waals surface area contributed by atoms with Crippen molar-refractivity contribution in [3.63, 3.8) is 0 Å². The molecule has 1 heterocycles. The highest BCUT2D eigenvalue weighted by molar-refractivity contribution is 6.08. The highest BCUT2D eigenvalue weighted by Gasteiger charge is 2.18. The van der Waals surface area contributed by atoms with E-state index in [0.717, 1.165) is 16.7 Å². The number of aromatic nitrogens is 1. The van der Waals surface area contributed by atoms with Crippen LogP contribution in [0.25, 0.3) is 22.6 Å². The van der Waals surface area contributed by atoms with Crippen molar-refractivity contribution in [3.8, 4) is 23.0 Å². The molecule has 0 atom stereocenters. The summed E-state index contributed by atoms with van der Waals surface area (Å²) in [5, 5.41) is 2.88. The predicted octanol–water partition coefficient (Wildman–Crippen LogP) is 5.89. The van der Waals surface area contributed by atoms with Gasteiger partial charge in [-0.25, -0.2) is 4.98 Å². The van der Waals surface area contributed by atoms with Gasteiger partial charge in [-0.15, -0.1) is 0 Å². The summed E-state index contributed by atoms with van der Waals surface area (Å²) in [6, 6.07) is 18.6. The van der Waals surface area contributed by atoms with E-state index in [2.05, 4.69) is 36.3 Å². The lowest BCUT2D eigenvalue weighted by Crippen LogP contribution is -2.14. The molecule has 4 rings (SSSR count). The first kappa shape index (κ1) is 20.5. The van der Waals surface area contributed by atoms with Crippen LogP contribution in [0.5, 0.6) is 11.5 Å². The molecule has 0 fully saturated rings. The zero-order valence-corrected chi connectivity index (χ0v) is 17.9. The summed E-state index contributed by atoms with van der Waals surface area (Å²) in [7, 11) is 3.04. The van der Waals surface area contributed by atoms with E-state index in [4.69, 9.17) is 13.9 Å². The first-order chi connectivity index (χ1) is 15.0. The predicted molar refractivity (Wildman–Crippen MR) is 121 cm³/mol. The zero-order chi connectivity index (χ0) is 22.0. The van der Waals surface area contributed by atoms with Crippen molar-refractivity contribution in [1.82, 2.24) is 4.98 Å². The molecule has 0 spiro atoms. The number of amides is 1. The van der Waals surface area contributed by atoms with Gasteiger partial charge in [0.15, 0.2) is 5.58 Å². The average molecular weight is 416 g/mol. The van der Waals surface area contributed by atoms with E-state index in [1.54, 1.807) is 18.2 Å². The summed E-state index contributed by atoms with van der Waals surface area (Å²) >= 11 is 0. The van der Waals surface area contributed by atoms with Crippen molar-refractivity contribution in [1.29, 1.82) is 0 Å². The molecule has 0 aliphatic rings. The molecule has 158 valence electrons. The number of hydrogen-bond acceptors (Lipinski definition) is 5. The number of hydrogen-bond donors (Lipinski definition) is 1. The SMILES string of the molecule is COc1cccc(OC)c1C(=O)Nc1ccc(-c2nc3cc(C(C)C)ccc3o2)cc1. The molecule has 31 heavy (non-hydrogen) atoms. The Morgan fingerprint density at radius 3 is 2.26 bits per heavy atom. The highest BCUT2D eigenvalue weighted by Crippen LogP contribution is 2.30. The van der Waals surface area contributed by atoms with E-state index in [0.29, 0.717) is 34.6 Å². The monoisotopic (exact) mass is 416 g/mol. The van der Waals surface area contributed by atoms with Gasteiger partial charge in [0.1, 0.15) is 22.6 Å². The highest BCUT2D eigenvalue weighted by atomic mass is 16.5. The molecule has 0 aliphatic carbocycles. The molecule has 1 aromatic heterocycles. The minimum atomic E-state index is -0.315. The Kier molecular flexibility index (Phi) is 5.62. The molecule has 1 N–H and O–H groups in total. The van der Waals surface area contributed by atoms with E-state index < -0.39 is 0 Å². The second-order valence-electron chi connectivity index (χ2n) is 7.47. The number of nitrogens with one attached hydrogen (secondary N) is 1. The molecule has 0 unspecified atom stereocenters. The van der Waals surface area contributed by atoms with Crippen molar-refractivity contribution in [2.75, 3.05) is 19.5 Å². The molecule has 6 nitrogen and oxygen atoms in total. The minimum Gasteiger partial charge on any atom is -0.496 e. The topological polar surface area (TPSA) is 73.6 Å². The van der Waals surface area contributed by atoms with Crippen LogP contribution in [-0.2, 0) is 0 Å². The molecule has 1 amide bonds. The van der Waals surface area contributed by atoms with Crippen LogP contribution >= 0.6 is 0 Å². The van der Waals surface area contributed by atoms with Gasteiger partial charge in [0.25, 0.3) is 5.91 Å². The Morgan fingerprint density at radius 1 is 0.968 bits per heavy atom. The molecular weight excluding hydrogens is 392 g/mol. The van der Waals surface area contributed by atoms with Crippen LogP contribution < -0.4 is 14.8 Å². The number of carbonyl (C=O) groups excluding carboxylic acids is 1. The number of fused-ring (bicyclic) bond motifs is 1. The third-order valence-electron chi connectivity index (χ3n) is 5.12. The van der Waals surface area contributed by atoms with Crippen LogP contribution in [0.1, 0.15) is 35.7 Å². The Labute approximate surface area is 180 Å². The maximum atomic E-state index is 12.8. The Morgan fingerprint density at radius 2 is 1.65 bits per heavy atom. The third kappa shape index (κ3) is 4.10. The maximum absolute atomic E-state index is 12.8. The van der Waals surface area contributed by atoms with Gasteiger partial charge >= 0.3 is 0 Å². The lowest BCUT2D eigenvalue weighted by molar-refractivity contribution is 0.102. The van der Waals surface area contributed by atoms with Gasteiger partial charge in [-0.2, -0.15) is 0 Å². The van der Waals surface area contributed by atoms with Gasteiger partial charge in [0.2, 0.25) is 5.89 Å².